The van der Waals surface area contributed by atoms with Crippen LogP contribution in [-0.4, -0.2) is 12.5 Å². The lowest BCUT2D eigenvalue weighted by Gasteiger charge is -2.30. The summed E-state index contributed by atoms with van der Waals surface area (Å²) in [5.74, 6) is 0. The zero-order valence-electron chi connectivity index (χ0n) is 12.4. The highest BCUT2D eigenvalue weighted by Crippen LogP contribution is 2.35. The Bertz CT molecular complexity index is 1040. The number of hydrogen-bond acceptors (Lipinski definition) is 0. The summed E-state index contributed by atoms with van der Waals surface area (Å²) >= 11 is 0. The smallest absolute Gasteiger partial charge is 0.106 e. The molecule has 0 saturated carbocycles. The third-order valence-electron chi connectivity index (χ3n) is 5.04. The Kier molecular flexibility index (Phi) is 1.97. The van der Waals surface area contributed by atoms with E-state index in [0.29, 0.717) is 0 Å². The molecule has 0 aliphatic carbocycles. The molecule has 1 aliphatic rings. The van der Waals surface area contributed by atoms with E-state index in [4.69, 9.17) is 0 Å². The fourth-order valence-electron chi connectivity index (χ4n) is 4.14. The number of rotatable bonds is 0. The van der Waals surface area contributed by atoms with Gasteiger partial charge in [-0.3, -0.25) is 0 Å². The molecule has 0 N–H and O–H groups in total. The van der Waals surface area contributed by atoms with Crippen LogP contribution in [0.4, 0.5) is 0 Å². The summed E-state index contributed by atoms with van der Waals surface area (Å²) in [6.07, 6.45) is 0. The molecule has 0 saturated heterocycles. The number of pyridine rings is 1. The number of fused-ring (bicyclic) bond motifs is 3. The molecule has 3 heterocycles. The van der Waals surface area contributed by atoms with Gasteiger partial charge in [0, 0.05) is 16.1 Å². The van der Waals surface area contributed by atoms with Crippen LogP contribution in [0.15, 0.2) is 54.6 Å². The third kappa shape index (κ3) is 1.31. The molecule has 0 atom stereocenters. The predicted molar refractivity (Wildman–Crippen MR) is 93.2 cm³/mol. The van der Waals surface area contributed by atoms with Crippen LogP contribution in [0.1, 0.15) is 5.56 Å². The molecular formula is C19H17NSi. The fourth-order valence-corrected chi connectivity index (χ4v) is 6.93. The molecule has 2 aromatic carbocycles. The molecule has 21 heavy (non-hydrogen) atoms. The highest BCUT2D eigenvalue weighted by atomic mass is 28.3. The van der Waals surface area contributed by atoms with E-state index < -0.39 is 8.07 Å². The van der Waals surface area contributed by atoms with Gasteiger partial charge in [-0.05, 0) is 29.1 Å². The van der Waals surface area contributed by atoms with Crippen molar-refractivity contribution in [2.45, 2.75) is 19.1 Å². The Balaban J connectivity index is 2.21. The molecule has 5 rings (SSSR count). The molecule has 4 aromatic rings. The second kappa shape index (κ2) is 3.58. The Labute approximate surface area is 124 Å². The summed E-state index contributed by atoms with van der Waals surface area (Å²) in [6.45, 7) is 4.98. The largest absolute Gasteiger partial charge is 0.317 e. The Morgan fingerprint density at radius 2 is 1.57 bits per heavy atom. The van der Waals surface area contributed by atoms with Crippen molar-refractivity contribution in [2.24, 2.45) is 0 Å². The molecule has 2 aromatic heterocycles. The molecule has 0 fully saturated rings. The highest BCUT2D eigenvalue weighted by molar-refractivity contribution is 6.89. The molecule has 0 radical (unpaired) electrons. The van der Waals surface area contributed by atoms with Crippen LogP contribution in [0.25, 0.3) is 27.2 Å². The van der Waals surface area contributed by atoms with Gasteiger partial charge in [-0.1, -0.05) is 55.6 Å². The SMILES string of the molecule is C[Si]1(C)Cc2cccc3c4ccccc4c4ccc1n4c23. The van der Waals surface area contributed by atoms with Gasteiger partial charge in [-0.2, -0.15) is 0 Å². The van der Waals surface area contributed by atoms with E-state index in [0.717, 1.165) is 0 Å². The number of hydrogen-bond donors (Lipinski definition) is 0. The molecule has 1 aliphatic heterocycles. The van der Waals surface area contributed by atoms with E-state index in [-0.39, 0.29) is 0 Å². The van der Waals surface area contributed by atoms with E-state index in [1.807, 2.05) is 0 Å². The van der Waals surface area contributed by atoms with E-state index in [9.17, 15) is 0 Å². The van der Waals surface area contributed by atoms with Crippen molar-refractivity contribution in [2.75, 3.05) is 0 Å². The van der Waals surface area contributed by atoms with Crippen molar-refractivity contribution in [3.8, 4) is 0 Å². The summed E-state index contributed by atoms with van der Waals surface area (Å²) in [5, 5.41) is 5.73. The van der Waals surface area contributed by atoms with Gasteiger partial charge in [0.05, 0.1) is 11.0 Å². The van der Waals surface area contributed by atoms with Gasteiger partial charge >= 0.3 is 0 Å². The topological polar surface area (TPSA) is 4.41 Å². The predicted octanol–water partition coefficient (Wildman–Crippen LogP) is 4.26. The van der Waals surface area contributed by atoms with Crippen LogP contribution in [0, 0.1) is 0 Å². The first-order valence-electron chi connectivity index (χ1n) is 7.61. The Hall–Kier alpha value is -2.06. The van der Waals surface area contributed by atoms with Crippen molar-refractivity contribution in [3.05, 3.63) is 60.2 Å². The highest BCUT2D eigenvalue weighted by Gasteiger charge is 2.32. The van der Waals surface area contributed by atoms with Crippen molar-refractivity contribution < 1.29 is 0 Å². The van der Waals surface area contributed by atoms with E-state index in [1.54, 1.807) is 5.32 Å². The molecule has 1 nitrogen and oxygen atoms in total. The molecule has 2 heteroatoms. The molecular weight excluding hydrogens is 270 g/mol. The van der Waals surface area contributed by atoms with Gasteiger partial charge < -0.3 is 4.40 Å². The van der Waals surface area contributed by atoms with Crippen molar-refractivity contribution >= 4 is 40.6 Å². The average Bonchev–Trinajstić information content (AvgIpc) is 2.93. The maximum atomic E-state index is 2.56. The van der Waals surface area contributed by atoms with Crippen LogP contribution in [0.3, 0.4) is 0 Å². The lowest BCUT2D eigenvalue weighted by atomic mass is 10.0. The second-order valence-electron chi connectivity index (χ2n) is 6.86. The number of nitrogens with zero attached hydrogens (tertiary/aromatic N) is 1. The monoisotopic (exact) mass is 287 g/mol. The summed E-state index contributed by atoms with van der Waals surface area (Å²) in [5.41, 5.74) is 4.35. The van der Waals surface area contributed by atoms with E-state index in [1.165, 1.54) is 38.8 Å². The van der Waals surface area contributed by atoms with Gasteiger partial charge in [0.1, 0.15) is 8.07 Å². The van der Waals surface area contributed by atoms with Crippen LogP contribution in [0.5, 0.6) is 0 Å². The average molecular weight is 287 g/mol. The van der Waals surface area contributed by atoms with Crippen LogP contribution in [0.2, 0.25) is 13.1 Å². The summed E-state index contributed by atoms with van der Waals surface area (Å²) < 4.78 is 2.56. The van der Waals surface area contributed by atoms with Gasteiger partial charge in [0.25, 0.3) is 0 Å². The number of benzene rings is 2. The maximum Gasteiger partial charge on any atom is 0.106 e. The second-order valence-corrected chi connectivity index (χ2v) is 11.5. The van der Waals surface area contributed by atoms with Crippen LogP contribution >= 0.6 is 0 Å². The standard InChI is InChI=1S/C19H17NSi/c1-21(2)12-13-6-5-9-16-14-7-3-4-8-15(14)17-10-11-18(21)20(17)19(13)16/h3-11H,12H2,1-2H3. The molecule has 0 unspecified atom stereocenters. The minimum absolute atomic E-state index is 1.25. The Morgan fingerprint density at radius 1 is 0.810 bits per heavy atom. The summed E-state index contributed by atoms with van der Waals surface area (Å²) in [7, 11) is -1.39. The van der Waals surface area contributed by atoms with Gasteiger partial charge in [-0.25, -0.2) is 0 Å². The molecule has 0 spiro atoms. The van der Waals surface area contributed by atoms with E-state index >= 15 is 0 Å². The lowest BCUT2D eigenvalue weighted by Crippen LogP contribution is -2.49. The fraction of sp³-hybridized carbons (Fsp3) is 0.158. The van der Waals surface area contributed by atoms with Crippen molar-refractivity contribution in [1.82, 2.24) is 4.40 Å². The van der Waals surface area contributed by atoms with Gasteiger partial charge in [-0.15, -0.1) is 0 Å². The van der Waals surface area contributed by atoms with E-state index in [2.05, 4.69) is 72.1 Å². The van der Waals surface area contributed by atoms with Gasteiger partial charge in [0.15, 0.2) is 0 Å². The van der Waals surface area contributed by atoms with Crippen LogP contribution < -0.4 is 5.32 Å². The maximum absolute atomic E-state index is 2.56. The number of aromatic nitrogens is 1. The first-order valence-corrected chi connectivity index (χ1v) is 10.8. The first-order chi connectivity index (χ1) is 10.2. The lowest BCUT2D eigenvalue weighted by molar-refractivity contribution is 1.20. The normalized spacial score (nSPS) is 16.3. The quantitative estimate of drug-likeness (QED) is 0.336. The van der Waals surface area contributed by atoms with Crippen molar-refractivity contribution in [1.29, 1.82) is 0 Å². The third-order valence-corrected chi connectivity index (χ3v) is 8.08. The zero-order valence-corrected chi connectivity index (χ0v) is 13.4. The van der Waals surface area contributed by atoms with Crippen LogP contribution in [-0.2, 0) is 6.04 Å². The molecule has 102 valence electrons. The molecule has 0 bridgehead atoms. The minimum Gasteiger partial charge on any atom is -0.317 e. The minimum atomic E-state index is -1.39. The van der Waals surface area contributed by atoms with Crippen molar-refractivity contribution in [3.63, 3.8) is 0 Å². The summed E-state index contributed by atoms with van der Waals surface area (Å²) in [4.78, 5) is 0. The molecule has 0 amide bonds. The summed E-state index contributed by atoms with van der Waals surface area (Å²) in [6, 6.07) is 21.6. The van der Waals surface area contributed by atoms with Gasteiger partial charge in [0.2, 0.25) is 0 Å². The Morgan fingerprint density at radius 3 is 2.43 bits per heavy atom. The number of para-hydroxylation sites is 1. The first kappa shape index (κ1) is 11.6. The zero-order chi connectivity index (χ0) is 14.2.